The highest BCUT2D eigenvalue weighted by atomic mass is 16.2. The van der Waals surface area contributed by atoms with E-state index in [1.807, 2.05) is 47.4 Å². The lowest BCUT2D eigenvalue weighted by Crippen LogP contribution is -2.39. The van der Waals surface area contributed by atoms with Crippen LogP contribution in [-0.2, 0) is 11.2 Å². The maximum Gasteiger partial charge on any atom is 0.246 e. The van der Waals surface area contributed by atoms with Gasteiger partial charge in [-0.05, 0) is 55.0 Å². The molecule has 0 saturated carbocycles. The number of rotatable bonds is 6. The topological polar surface area (TPSA) is 83.9 Å². The Hall–Kier alpha value is -3.61. The first-order chi connectivity index (χ1) is 14.8. The standard InChI is InChI=1S/C23H24N6O/c30-23(9-8-18-5-3-10-24-15-18)29-12-4-6-19(16-29)13-20-14-22(27-17-26-20)28-21-7-1-2-11-25-21/h1-3,5,7-11,14-15,17,19H,4,6,12-13,16H2,(H,25,26,27,28)/b9-8+/t19-/m0/s1. The highest BCUT2D eigenvalue weighted by Gasteiger charge is 2.23. The van der Waals surface area contributed by atoms with Crippen molar-refractivity contribution in [1.29, 1.82) is 0 Å². The van der Waals surface area contributed by atoms with Gasteiger partial charge >= 0.3 is 0 Å². The summed E-state index contributed by atoms with van der Waals surface area (Å²) in [6, 6.07) is 11.4. The Kier molecular flexibility index (Phi) is 6.39. The molecule has 1 amide bonds. The SMILES string of the molecule is O=C(/C=C/c1cccnc1)N1CCC[C@@H](Cc2cc(Nc3ccccn3)ncn2)C1. The number of hydrogen-bond donors (Lipinski definition) is 1. The van der Waals surface area contributed by atoms with Crippen LogP contribution in [0.3, 0.4) is 0 Å². The van der Waals surface area contributed by atoms with E-state index in [-0.39, 0.29) is 5.91 Å². The van der Waals surface area contributed by atoms with Crippen LogP contribution in [0.5, 0.6) is 0 Å². The summed E-state index contributed by atoms with van der Waals surface area (Å²) in [5.41, 5.74) is 1.89. The predicted molar refractivity (Wildman–Crippen MR) is 116 cm³/mol. The fraction of sp³-hybridized carbons (Fsp3) is 0.261. The van der Waals surface area contributed by atoms with E-state index in [1.54, 1.807) is 31.0 Å². The largest absolute Gasteiger partial charge is 0.339 e. The zero-order valence-corrected chi connectivity index (χ0v) is 16.7. The molecule has 4 rings (SSSR count). The average molecular weight is 400 g/mol. The van der Waals surface area contributed by atoms with Gasteiger partial charge in [0.2, 0.25) is 5.91 Å². The Balaban J connectivity index is 1.35. The van der Waals surface area contributed by atoms with Crippen LogP contribution in [0.1, 0.15) is 24.1 Å². The van der Waals surface area contributed by atoms with Crippen molar-refractivity contribution in [3.63, 3.8) is 0 Å². The highest BCUT2D eigenvalue weighted by molar-refractivity contribution is 5.91. The smallest absolute Gasteiger partial charge is 0.246 e. The van der Waals surface area contributed by atoms with E-state index in [2.05, 4.69) is 25.3 Å². The predicted octanol–water partition coefficient (Wildman–Crippen LogP) is 3.50. The van der Waals surface area contributed by atoms with Crippen LogP contribution in [0.15, 0.2) is 67.4 Å². The Morgan fingerprint density at radius 2 is 2.10 bits per heavy atom. The van der Waals surface area contributed by atoms with Gasteiger partial charge in [0.05, 0.1) is 0 Å². The van der Waals surface area contributed by atoms with E-state index in [1.165, 1.54) is 0 Å². The molecule has 3 aromatic heterocycles. The van der Waals surface area contributed by atoms with Crippen molar-refractivity contribution >= 4 is 23.6 Å². The number of aromatic nitrogens is 4. The summed E-state index contributed by atoms with van der Waals surface area (Å²) >= 11 is 0. The number of nitrogens with one attached hydrogen (secondary N) is 1. The molecule has 1 aliphatic heterocycles. The number of carbonyl (C=O) groups excluding carboxylic acids is 1. The molecule has 7 nitrogen and oxygen atoms in total. The van der Waals surface area contributed by atoms with Crippen LogP contribution in [0, 0.1) is 5.92 Å². The van der Waals surface area contributed by atoms with Gasteiger partial charge in [0.25, 0.3) is 0 Å². The molecule has 1 fully saturated rings. The van der Waals surface area contributed by atoms with Crippen molar-refractivity contribution < 1.29 is 4.79 Å². The van der Waals surface area contributed by atoms with E-state index >= 15 is 0 Å². The fourth-order valence-corrected chi connectivity index (χ4v) is 3.62. The van der Waals surface area contributed by atoms with Gasteiger partial charge < -0.3 is 10.2 Å². The lowest BCUT2D eigenvalue weighted by atomic mass is 9.93. The molecule has 1 atom stereocenters. The van der Waals surface area contributed by atoms with Crippen LogP contribution in [0.25, 0.3) is 6.08 Å². The number of hydrogen-bond acceptors (Lipinski definition) is 6. The van der Waals surface area contributed by atoms with Crippen molar-refractivity contribution in [1.82, 2.24) is 24.8 Å². The monoisotopic (exact) mass is 400 g/mol. The molecule has 0 aliphatic carbocycles. The van der Waals surface area contributed by atoms with Gasteiger partial charge in [-0.2, -0.15) is 0 Å². The maximum absolute atomic E-state index is 12.6. The minimum absolute atomic E-state index is 0.0451. The third-order valence-corrected chi connectivity index (χ3v) is 5.08. The molecule has 0 spiro atoms. The quantitative estimate of drug-likeness (QED) is 0.638. The first kappa shape index (κ1) is 19.7. The second-order valence-electron chi connectivity index (χ2n) is 7.35. The summed E-state index contributed by atoms with van der Waals surface area (Å²) in [4.78, 5) is 31.6. The summed E-state index contributed by atoms with van der Waals surface area (Å²) in [5.74, 6) is 1.90. The number of carbonyl (C=O) groups is 1. The van der Waals surface area contributed by atoms with Gasteiger partial charge in [-0.1, -0.05) is 12.1 Å². The summed E-state index contributed by atoms with van der Waals surface area (Å²) in [6.45, 7) is 1.53. The van der Waals surface area contributed by atoms with Gasteiger partial charge in [-0.3, -0.25) is 9.78 Å². The number of nitrogens with zero attached hydrogens (tertiary/aromatic N) is 5. The van der Waals surface area contributed by atoms with Crippen LogP contribution < -0.4 is 5.32 Å². The molecule has 7 heteroatoms. The molecule has 1 saturated heterocycles. The minimum atomic E-state index is 0.0451. The molecule has 4 heterocycles. The second-order valence-corrected chi connectivity index (χ2v) is 7.35. The van der Waals surface area contributed by atoms with Crippen molar-refractivity contribution in [3.8, 4) is 0 Å². The van der Waals surface area contributed by atoms with Crippen molar-refractivity contribution in [2.24, 2.45) is 5.92 Å². The zero-order valence-electron chi connectivity index (χ0n) is 16.7. The summed E-state index contributed by atoms with van der Waals surface area (Å²) in [6.07, 6.45) is 13.1. The fourth-order valence-electron chi connectivity index (χ4n) is 3.62. The molecule has 152 valence electrons. The normalized spacial score (nSPS) is 16.5. The van der Waals surface area contributed by atoms with Gasteiger partial charge in [-0.15, -0.1) is 0 Å². The van der Waals surface area contributed by atoms with Crippen molar-refractivity contribution in [3.05, 3.63) is 78.6 Å². The summed E-state index contributed by atoms with van der Waals surface area (Å²) in [5, 5.41) is 3.20. The zero-order chi connectivity index (χ0) is 20.6. The van der Waals surface area contributed by atoms with E-state index in [0.29, 0.717) is 5.92 Å². The van der Waals surface area contributed by atoms with Crippen LogP contribution in [-0.4, -0.2) is 43.8 Å². The number of anilines is 2. The molecule has 0 unspecified atom stereocenters. The average Bonchev–Trinajstić information content (AvgIpc) is 2.79. The van der Waals surface area contributed by atoms with Crippen molar-refractivity contribution in [2.45, 2.75) is 19.3 Å². The molecule has 3 aromatic rings. The van der Waals surface area contributed by atoms with Gasteiger partial charge in [0, 0.05) is 49.5 Å². The minimum Gasteiger partial charge on any atom is -0.339 e. The Bertz CT molecular complexity index is 993. The molecule has 0 aromatic carbocycles. The number of amides is 1. The highest BCUT2D eigenvalue weighted by Crippen LogP contribution is 2.22. The molecule has 1 aliphatic rings. The summed E-state index contributed by atoms with van der Waals surface area (Å²) in [7, 11) is 0. The lowest BCUT2D eigenvalue weighted by Gasteiger charge is -2.32. The molecule has 0 bridgehead atoms. The molecule has 30 heavy (non-hydrogen) atoms. The Morgan fingerprint density at radius 1 is 1.13 bits per heavy atom. The molecule has 0 radical (unpaired) electrons. The van der Waals surface area contributed by atoms with Crippen LogP contribution in [0.2, 0.25) is 0 Å². The summed E-state index contributed by atoms with van der Waals surface area (Å²) < 4.78 is 0. The van der Waals surface area contributed by atoms with Gasteiger partial charge in [0.1, 0.15) is 18.0 Å². The number of pyridine rings is 2. The van der Waals surface area contributed by atoms with E-state index < -0.39 is 0 Å². The maximum atomic E-state index is 12.6. The van der Waals surface area contributed by atoms with E-state index in [0.717, 1.165) is 55.2 Å². The third kappa shape index (κ3) is 5.47. The van der Waals surface area contributed by atoms with E-state index in [9.17, 15) is 4.79 Å². The third-order valence-electron chi connectivity index (χ3n) is 5.08. The van der Waals surface area contributed by atoms with Crippen LogP contribution >= 0.6 is 0 Å². The van der Waals surface area contributed by atoms with E-state index in [4.69, 9.17) is 0 Å². The molecule has 1 N–H and O–H groups in total. The first-order valence-corrected chi connectivity index (χ1v) is 10.1. The molecular formula is C23H24N6O. The molecular weight excluding hydrogens is 376 g/mol. The Labute approximate surface area is 175 Å². The van der Waals surface area contributed by atoms with Crippen LogP contribution in [0.4, 0.5) is 11.6 Å². The van der Waals surface area contributed by atoms with Gasteiger partial charge in [-0.25, -0.2) is 15.0 Å². The Morgan fingerprint density at radius 3 is 2.93 bits per heavy atom. The van der Waals surface area contributed by atoms with Crippen molar-refractivity contribution in [2.75, 3.05) is 18.4 Å². The lowest BCUT2D eigenvalue weighted by molar-refractivity contribution is -0.127. The first-order valence-electron chi connectivity index (χ1n) is 10.1. The number of likely N-dealkylation sites (tertiary alicyclic amines) is 1. The number of piperidine rings is 1. The second kappa shape index (κ2) is 9.73. The van der Waals surface area contributed by atoms with Gasteiger partial charge in [0.15, 0.2) is 0 Å².